The molecule has 0 fully saturated rings. The maximum Gasteiger partial charge on any atom is 0.122 e. The Labute approximate surface area is 83.5 Å². The van der Waals surface area contributed by atoms with Gasteiger partial charge in [0.15, 0.2) is 0 Å². The van der Waals surface area contributed by atoms with Gasteiger partial charge >= 0.3 is 0 Å². The molecule has 2 atom stereocenters. The van der Waals surface area contributed by atoms with Crippen LogP contribution in [0.25, 0.3) is 0 Å². The molecule has 2 unspecified atom stereocenters. The van der Waals surface area contributed by atoms with Gasteiger partial charge in [-0.05, 0) is 24.5 Å². The topological polar surface area (TPSA) is 55.5 Å². The smallest absolute Gasteiger partial charge is 0.122 e. The fourth-order valence-corrected chi connectivity index (χ4v) is 2.02. The number of fused-ring (bicyclic) bond motifs is 1. The fourth-order valence-electron chi connectivity index (χ4n) is 2.02. The van der Waals surface area contributed by atoms with Crippen LogP contribution in [0.15, 0.2) is 18.2 Å². The largest absolute Gasteiger partial charge is 0.496 e. The van der Waals surface area contributed by atoms with Gasteiger partial charge in [-0.15, -0.1) is 0 Å². The van der Waals surface area contributed by atoms with Gasteiger partial charge in [-0.25, -0.2) is 0 Å². The van der Waals surface area contributed by atoms with Crippen LogP contribution >= 0.6 is 0 Å². The Morgan fingerprint density at radius 2 is 2.29 bits per heavy atom. The lowest BCUT2D eigenvalue weighted by molar-refractivity contribution is 0.133. The van der Waals surface area contributed by atoms with Crippen molar-refractivity contribution in [3.05, 3.63) is 29.3 Å². The van der Waals surface area contributed by atoms with Crippen LogP contribution in [-0.4, -0.2) is 18.3 Å². The minimum absolute atomic E-state index is 0.144. The van der Waals surface area contributed by atoms with Gasteiger partial charge < -0.3 is 15.6 Å². The van der Waals surface area contributed by atoms with E-state index in [1.54, 1.807) is 7.11 Å². The van der Waals surface area contributed by atoms with E-state index in [0.717, 1.165) is 29.7 Å². The van der Waals surface area contributed by atoms with Crippen molar-refractivity contribution in [1.29, 1.82) is 0 Å². The molecule has 0 amide bonds. The molecule has 1 aromatic rings. The number of methoxy groups -OCH3 is 1. The highest BCUT2D eigenvalue weighted by molar-refractivity contribution is 5.43. The molecule has 0 radical (unpaired) electrons. The van der Waals surface area contributed by atoms with Crippen LogP contribution in [0.1, 0.15) is 23.7 Å². The lowest BCUT2D eigenvalue weighted by Gasteiger charge is -2.28. The first-order chi connectivity index (χ1) is 6.74. The van der Waals surface area contributed by atoms with E-state index >= 15 is 0 Å². The molecular weight excluding hydrogens is 178 g/mol. The lowest BCUT2D eigenvalue weighted by atomic mass is 9.86. The maximum atomic E-state index is 9.87. The van der Waals surface area contributed by atoms with Gasteiger partial charge in [0.05, 0.1) is 13.2 Å². The number of aliphatic hydroxyl groups is 1. The van der Waals surface area contributed by atoms with E-state index in [4.69, 9.17) is 10.5 Å². The second kappa shape index (κ2) is 3.59. The lowest BCUT2D eigenvalue weighted by Crippen LogP contribution is -2.33. The molecule has 0 aromatic heterocycles. The Morgan fingerprint density at radius 1 is 1.50 bits per heavy atom. The third-order valence-electron chi connectivity index (χ3n) is 2.84. The van der Waals surface area contributed by atoms with Crippen LogP contribution in [-0.2, 0) is 6.42 Å². The predicted molar refractivity (Wildman–Crippen MR) is 54.3 cm³/mol. The number of benzene rings is 1. The maximum absolute atomic E-state index is 9.87. The molecule has 1 aliphatic carbocycles. The van der Waals surface area contributed by atoms with Crippen molar-refractivity contribution in [1.82, 2.24) is 0 Å². The average molecular weight is 193 g/mol. The molecule has 3 heteroatoms. The van der Waals surface area contributed by atoms with Gasteiger partial charge in [-0.3, -0.25) is 0 Å². The summed E-state index contributed by atoms with van der Waals surface area (Å²) in [5.74, 6) is 0.855. The number of ether oxygens (including phenoxy) is 1. The number of hydrogen-bond donors (Lipinski definition) is 2. The molecule has 0 spiro atoms. The van der Waals surface area contributed by atoms with Gasteiger partial charge in [0.1, 0.15) is 5.75 Å². The summed E-state index contributed by atoms with van der Waals surface area (Å²) in [6.07, 6.45) is 1.15. The van der Waals surface area contributed by atoms with Crippen LogP contribution in [0.5, 0.6) is 5.75 Å². The second-order valence-corrected chi connectivity index (χ2v) is 3.68. The van der Waals surface area contributed by atoms with Crippen molar-refractivity contribution in [2.45, 2.75) is 25.0 Å². The molecular formula is C11H15NO2. The van der Waals surface area contributed by atoms with E-state index in [1.807, 2.05) is 18.2 Å². The zero-order valence-corrected chi connectivity index (χ0v) is 8.23. The fraction of sp³-hybridized carbons (Fsp3) is 0.455. The molecule has 76 valence electrons. The highest BCUT2D eigenvalue weighted by Gasteiger charge is 2.26. The molecule has 0 aliphatic heterocycles. The Morgan fingerprint density at radius 3 is 3.00 bits per heavy atom. The summed E-state index contributed by atoms with van der Waals surface area (Å²) in [4.78, 5) is 0. The van der Waals surface area contributed by atoms with E-state index in [2.05, 4.69) is 0 Å². The third kappa shape index (κ3) is 1.38. The zero-order valence-electron chi connectivity index (χ0n) is 8.23. The van der Waals surface area contributed by atoms with Gasteiger partial charge in [0, 0.05) is 11.6 Å². The normalized spacial score (nSPS) is 25.6. The SMILES string of the molecule is COc1cccc2c1CCC(N)C2O. The van der Waals surface area contributed by atoms with E-state index < -0.39 is 6.10 Å². The van der Waals surface area contributed by atoms with Crippen LogP contribution in [0.2, 0.25) is 0 Å². The number of nitrogens with two attached hydrogens (primary N) is 1. The molecule has 3 nitrogen and oxygen atoms in total. The van der Waals surface area contributed by atoms with Crippen molar-refractivity contribution in [3.63, 3.8) is 0 Å². The quantitative estimate of drug-likeness (QED) is 0.699. The summed E-state index contributed by atoms with van der Waals surface area (Å²) in [6, 6.07) is 5.58. The first kappa shape index (κ1) is 9.49. The van der Waals surface area contributed by atoms with Gasteiger partial charge in [0.25, 0.3) is 0 Å². The summed E-state index contributed by atoms with van der Waals surface area (Å²) < 4.78 is 5.24. The first-order valence-corrected chi connectivity index (χ1v) is 4.83. The van der Waals surface area contributed by atoms with E-state index in [9.17, 15) is 5.11 Å². The zero-order chi connectivity index (χ0) is 10.1. The van der Waals surface area contributed by atoms with Gasteiger partial charge in [0.2, 0.25) is 0 Å². The van der Waals surface area contributed by atoms with Crippen LogP contribution in [0.4, 0.5) is 0 Å². The summed E-state index contributed by atoms with van der Waals surface area (Å²) in [5.41, 5.74) is 7.81. The summed E-state index contributed by atoms with van der Waals surface area (Å²) in [6.45, 7) is 0. The predicted octanol–water partition coefficient (Wildman–Crippen LogP) is 1.00. The Hall–Kier alpha value is -1.06. The highest BCUT2D eigenvalue weighted by atomic mass is 16.5. The van der Waals surface area contributed by atoms with Crippen LogP contribution < -0.4 is 10.5 Å². The number of rotatable bonds is 1. The molecule has 1 aliphatic rings. The van der Waals surface area contributed by atoms with Crippen molar-refractivity contribution in [2.24, 2.45) is 5.73 Å². The standard InChI is InChI=1S/C11H15NO2/c1-14-10-4-2-3-8-7(10)5-6-9(12)11(8)13/h2-4,9,11,13H,5-6,12H2,1H3. The first-order valence-electron chi connectivity index (χ1n) is 4.83. The van der Waals surface area contributed by atoms with Crippen LogP contribution in [0, 0.1) is 0 Å². The molecule has 14 heavy (non-hydrogen) atoms. The third-order valence-corrected chi connectivity index (χ3v) is 2.84. The van der Waals surface area contributed by atoms with E-state index in [0.29, 0.717) is 0 Å². The molecule has 0 saturated carbocycles. The second-order valence-electron chi connectivity index (χ2n) is 3.68. The summed E-state index contributed by atoms with van der Waals surface area (Å²) in [5, 5.41) is 9.87. The van der Waals surface area contributed by atoms with Crippen molar-refractivity contribution in [2.75, 3.05) is 7.11 Å². The monoisotopic (exact) mass is 193 g/mol. The van der Waals surface area contributed by atoms with Crippen molar-refractivity contribution >= 4 is 0 Å². The molecule has 0 bridgehead atoms. The number of aliphatic hydroxyl groups excluding tert-OH is 1. The van der Waals surface area contributed by atoms with Crippen LogP contribution in [0.3, 0.4) is 0 Å². The van der Waals surface area contributed by atoms with Gasteiger partial charge in [-0.2, -0.15) is 0 Å². The Balaban J connectivity index is 2.47. The minimum atomic E-state index is -0.547. The average Bonchev–Trinajstić information content (AvgIpc) is 2.23. The molecule has 0 saturated heterocycles. The summed E-state index contributed by atoms with van der Waals surface area (Å²) in [7, 11) is 1.65. The summed E-state index contributed by atoms with van der Waals surface area (Å²) >= 11 is 0. The van der Waals surface area contributed by atoms with E-state index in [1.165, 1.54) is 0 Å². The molecule has 3 N–H and O–H groups in total. The molecule has 0 heterocycles. The Kier molecular flexibility index (Phi) is 2.44. The molecule has 1 aromatic carbocycles. The number of hydrogen-bond acceptors (Lipinski definition) is 3. The highest BCUT2D eigenvalue weighted by Crippen LogP contribution is 2.34. The van der Waals surface area contributed by atoms with Crippen molar-refractivity contribution < 1.29 is 9.84 Å². The van der Waals surface area contributed by atoms with Gasteiger partial charge in [-0.1, -0.05) is 12.1 Å². The Bertz CT molecular complexity index is 338. The van der Waals surface area contributed by atoms with Crippen molar-refractivity contribution in [3.8, 4) is 5.75 Å². The van der Waals surface area contributed by atoms with E-state index in [-0.39, 0.29) is 6.04 Å². The molecule has 2 rings (SSSR count). The minimum Gasteiger partial charge on any atom is -0.496 e.